The summed E-state index contributed by atoms with van der Waals surface area (Å²) in [5, 5.41) is 0. The second kappa shape index (κ2) is 6.15. The van der Waals surface area contributed by atoms with Crippen molar-refractivity contribution < 1.29 is 26.7 Å². The van der Waals surface area contributed by atoms with Gasteiger partial charge in [-0.05, 0) is 31.3 Å². The van der Waals surface area contributed by atoms with E-state index in [1.807, 2.05) is 0 Å². The van der Waals surface area contributed by atoms with Gasteiger partial charge in [-0.25, -0.2) is 8.78 Å². The minimum atomic E-state index is -4.49. The van der Waals surface area contributed by atoms with Crippen molar-refractivity contribution in [1.29, 1.82) is 0 Å². The van der Waals surface area contributed by atoms with Gasteiger partial charge in [0, 0.05) is 18.9 Å². The number of rotatable bonds is 2. The molecule has 118 valence electrons. The number of likely N-dealkylation sites (tertiary alicyclic amines) is 1. The Morgan fingerprint density at radius 1 is 1.29 bits per heavy atom. The van der Waals surface area contributed by atoms with E-state index in [1.165, 1.54) is 6.08 Å². The van der Waals surface area contributed by atoms with Crippen molar-refractivity contribution in [1.82, 2.24) is 4.90 Å². The van der Waals surface area contributed by atoms with E-state index in [9.17, 15) is 26.7 Å². The average Bonchev–Trinajstić information content (AvgIpc) is 2.54. The number of hydrogen-bond acceptors (Lipinski definition) is 1. The van der Waals surface area contributed by atoms with Crippen LogP contribution in [0.1, 0.15) is 25.7 Å². The Morgan fingerprint density at radius 2 is 2.00 bits per heavy atom. The van der Waals surface area contributed by atoms with Crippen LogP contribution in [0.25, 0.3) is 0 Å². The summed E-state index contributed by atoms with van der Waals surface area (Å²) in [4.78, 5) is 12.4. The third kappa shape index (κ3) is 4.04. The van der Waals surface area contributed by atoms with Crippen molar-refractivity contribution in [2.24, 2.45) is 11.8 Å². The lowest BCUT2D eigenvalue weighted by molar-refractivity contribution is -0.161. The Hall–Kier alpha value is -1.40. The van der Waals surface area contributed by atoms with Crippen LogP contribution in [0.3, 0.4) is 0 Å². The highest BCUT2D eigenvalue weighted by atomic mass is 19.4. The van der Waals surface area contributed by atoms with Gasteiger partial charge in [0.25, 0.3) is 0 Å². The van der Waals surface area contributed by atoms with E-state index in [1.54, 1.807) is 0 Å². The van der Waals surface area contributed by atoms with Crippen LogP contribution in [-0.4, -0.2) is 30.1 Å². The molecular weight excluding hydrogens is 293 g/mol. The number of halogens is 5. The Balaban J connectivity index is 2.14. The number of alkyl halides is 3. The molecule has 0 N–H and O–H groups in total. The zero-order valence-corrected chi connectivity index (χ0v) is 11.3. The van der Waals surface area contributed by atoms with Gasteiger partial charge in [0.1, 0.15) is 12.4 Å². The van der Waals surface area contributed by atoms with Crippen LogP contribution in [0.15, 0.2) is 23.8 Å². The van der Waals surface area contributed by atoms with Crippen molar-refractivity contribution in [3.8, 4) is 0 Å². The number of hydrogen-bond donors (Lipinski definition) is 0. The van der Waals surface area contributed by atoms with Gasteiger partial charge in [0.15, 0.2) is 5.83 Å². The maximum Gasteiger partial charge on any atom is 0.406 e. The molecule has 1 aliphatic heterocycles. The van der Waals surface area contributed by atoms with Gasteiger partial charge < -0.3 is 4.90 Å². The monoisotopic (exact) mass is 309 g/mol. The van der Waals surface area contributed by atoms with Crippen molar-refractivity contribution in [2.75, 3.05) is 13.1 Å². The molecule has 1 fully saturated rings. The van der Waals surface area contributed by atoms with Gasteiger partial charge in [-0.3, -0.25) is 4.79 Å². The smallest absolute Gasteiger partial charge is 0.333 e. The summed E-state index contributed by atoms with van der Waals surface area (Å²) in [6, 6.07) is 0. The predicted octanol–water partition coefficient (Wildman–Crippen LogP) is 3.90. The first-order valence-corrected chi connectivity index (χ1v) is 6.84. The molecule has 7 heteroatoms. The minimum absolute atomic E-state index is 0.0168. The first-order chi connectivity index (χ1) is 9.78. The van der Waals surface area contributed by atoms with E-state index in [2.05, 4.69) is 0 Å². The molecule has 1 unspecified atom stereocenters. The Labute approximate surface area is 119 Å². The molecule has 1 amide bonds. The number of amides is 1. The number of allylic oxidation sites excluding steroid dienone is 4. The predicted molar refractivity (Wildman–Crippen MR) is 66.5 cm³/mol. The van der Waals surface area contributed by atoms with E-state index in [0.717, 1.165) is 11.0 Å². The highest BCUT2D eigenvalue weighted by Gasteiger charge is 2.38. The van der Waals surface area contributed by atoms with Gasteiger partial charge in [0.05, 0.1) is 0 Å². The van der Waals surface area contributed by atoms with Crippen LogP contribution < -0.4 is 0 Å². The van der Waals surface area contributed by atoms with Crippen molar-refractivity contribution in [2.45, 2.75) is 31.9 Å². The molecule has 2 atom stereocenters. The molecule has 0 aromatic rings. The molecule has 1 heterocycles. The maximum atomic E-state index is 13.8. The molecule has 0 radical (unpaired) electrons. The highest BCUT2D eigenvalue weighted by molar-refractivity contribution is 5.76. The molecule has 21 heavy (non-hydrogen) atoms. The van der Waals surface area contributed by atoms with Crippen LogP contribution >= 0.6 is 0 Å². The van der Waals surface area contributed by atoms with Crippen LogP contribution in [-0.2, 0) is 4.79 Å². The molecule has 2 rings (SSSR count). The average molecular weight is 309 g/mol. The minimum Gasteiger partial charge on any atom is -0.333 e. The van der Waals surface area contributed by atoms with E-state index >= 15 is 0 Å². The van der Waals surface area contributed by atoms with Crippen LogP contribution in [0.5, 0.6) is 0 Å². The standard InChI is InChI=1S/C14H16F5NO/c15-11-5-2-4-10(13(11)16)9-3-1-6-12(21)20(7-9)8-14(17,18)19/h2,5,9-10H,1,3-4,6-8H2/t9-,10?/m1/s1. The van der Waals surface area contributed by atoms with Crippen LogP contribution in [0.2, 0.25) is 0 Å². The highest BCUT2D eigenvalue weighted by Crippen LogP contribution is 2.37. The maximum absolute atomic E-state index is 13.8. The zero-order chi connectivity index (χ0) is 15.6. The van der Waals surface area contributed by atoms with Crippen molar-refractivity contribution in [3.63, 3.8) is 0 Å². The Bertz CT molecular complexity index is 468. The Morgan fingerprint density at radius 3 is 2.67 bits per heavy atom. The van der Waals surface area contributed by atoms with Gasteiger partial charge in [-0.1, -0.05) is 6.08 Å². The molecule has 0 saturated carbocycles. The third-order valence-corrected chi connectivity index (χ3v) is 3.92. The fourth-order valence-electron chi connectivity index (χ4n) is 2.93. The van der Waals surface area contributed by atoms with E-state index in [0.29, 0.717) is 12.8 Å². The van der Waals surface area contributed by atoms with Crippen LogP contribution in [0.4, 0.5) is 22.0 Å². The molecule has 2 aliphatic rings. The molecule has 0 aromatic heterocycles. The molecule has 0 aromatic carbocycles. The third-order valence-electron chi connectivity index (χ3n) is 3.92. The molecule has 0 bridgehead atoms. The quantitative estimate of drug-likeness (QED) is 0.708. The fourth-order valence-corrected chi connectivity index (χ4v) is 2.93. The summed E-state index contributed by atoms with van der Waals surface area (Å²) in [5.74, 6) is -3.73. The van der Waals surface area contributed by atoms with Crippen molar-refractivity contribution >= 4 is 5.91 Å². The van der Waals surface area contributed by atoms with Crippen molar-refractivity contribution in [3.05, 3.63) is 23.8 Å². The topological polar surface area (TPSA) is 20.3 Å². The zero-order valence-electron chi connectivity index (χ0n) is 11.3. The lowest BCUT2D eigenvalue weighted by Gasteiger charge is -2.30. The number of carbonyl (C=O) groups is 1. The summed E-state index contributed by atoms with van der Waals surface area (Å²) in [5.41, 5.74) is 0. The summed E-state index contributed by atoms with van der Waals surface area (Å²) in [7, 11) is 0. The Kier molecular flexibility index (Phi) is 4.68. The lowest BCUT2D eigenvalue weighted by atomic mass is 9.83. The first-order valence-electron chi connectivity index (χ1n) is 6.84. The largest absolute Gasteiger partial charge is 0.406 e. The number of carbonyl (C=O) groups excluding carboxylic acids is 1. The SMILES string of the molecule is O=C1CCC[C@@H](C2CC=CC(F)=C2F)CN1CC(F)(F)F. The summed E-state index contributed by atoms with van der Waals surface area (Å²) in [6.07, 6.45) is -0.908. The first kappa shape index (κ1) is 16.0. The fraction of sp³-hybridized carbons (Fsp3) is 0.643. The summed E-state index contributed by atoms with van der Waals surface area (Å²) < 4.78 is 64.7. The van der Waals surface area contributed by atoms with Gasteiger partial charge >= 0.3 is 6.18 Å². The normalized spacial score (nSPS) is 28.0. The molecule has 1 aliphatic carbocycles. The summed E-state index contributed by atoms with van der Waals surface area (Å²) in [6.45, 7) is -1.52. The lowest BCUT2D eigenvalue weighted by Crippen LogP contribution is -2.41. The molecule has 2 nitrogen and oxygen atoms in total. The second-order valence-corrected chi connectivity index (χ2v) is 5.48. The van der Waals surface area contributed by atoms with E-state index in [4.69, 9.17) is 0 Å². The number of nitrogens with zero attached hydrogens (tertiary/aromatic N) is 1. The van der Waals surface area contributed by atoms with Gasteiger partial charge in [0.2, 0.25) is 5.91 Å². The van der Waals surface area contributed by atoms with Gasteiger partial charge in [-0.2, -0.15) is 13.2 Å². The van der Waals surface area contributed by atoms with Crippen LogP contribution in [0, 0.1) is 11.8 Å². The molecule has 0 spiro atoms. The van der Waals surface area contributed by atoms with E-state index in [-0.39, 0.29) is 19.4 Å². The van der Waals surface area contributed by atoms with E-state index < -0.39 is 42.1 Å². The molecular formula is C14H16F5NO. The molecule has 1 saturated heterocycles. The summed E-state index contributed by atoms with van der Waals surface area (Å²) >= 11 is 0. The van der Waals surface area contributed by atoms with Gasteiger partial charge in [-0.15, -0.1) is 0 Å². The second-order valence-electron chi connectivity index (χ2n) is 5.48.